The van der Waals surface area contributed by atoms with Gasteiger partial charge >= 0.3 is 0 Å². The first-order valence-corrected chi connectivity index (χ1v) is 10.4. The number of nitrogens with zero attached hydrogens (tertiary/aromatic N) is 3. The Balaban J connectivity index is 1.61. The molecule has 0 unspecified atom stereocenters. The third-order valence-corrected chi connectivity index (χ3v) is 5.53. The molecule has 0 saturated carbocycles. The van der Waals surface area contributed by atoms with Crippen molar-refractivity contribution < 1.29 is 14.4 Å². The van der Waals surface area contributed by atoms with Crippen LogP contribution in [0.25, 0.3) is 10.9 Å². The normalized spacial score (nSPS) is 10.9. The quantitative estimate of drug-likeness (QED) is 0.443. The number of ketones is 1. The van der Waals surface area contributed by atoms with Crippen LogP contribution in [0.15, 0.2) is 54.6 Å². The molecule has 8 nitrogen and oxygen atoms in total. The number of aromatic nitrogens is 3. The second-order valence-electron chi connectivity index (χ2n) is 7.85. The van der Waals surface area contributed by atoms with Crippen molar-refractivity contribution in [1.82, 2.24) is 14.8 Å². The molecule has 0 fully saturated rings. The lowest BCUT2D eigenvalue weighted by atomic mass is 10.1. The van der Waals surface area contributed by atoms with E-state index in [0.29, 0.717) is 34.4 Å². The number of rotatable bonds is 6. The third kappa shape index (κ3) is 4.36. The fourth-order valence-corrected chi connectivity index (χ4v) is 3.72. The van der Waals surface area contributed by atoms with Crippen molar-refractivity contribution in [3.63, 3.8) is 0 Å². The Labute approximate surface area is 190 Å². The van der Waals surface area contributed by atoms with Crippen LogP contribution in [-0.4, -0.2) is 32.4 Å². The Kier molecular flexibility index (Phi) is 5.74. The molecule has 4 rings (SSSR count). The highest BCUT2D eigenvalue weighted by Gasteiger charge is 2.19. The van der Waals surface area contributed by atoms with Crippen molar-refractivity contribution in [3.8, 4) is 0 Å². The zero-order valence-corrected chi connectivity index (χ0v) is 18.5. The Morgan fingerprint density at radius 3 is 2.39 bits per heavy atom. The lowest BCUT2D eigenvalue weighted by Crippen LogP contribution is -2.18. The number of anilines is 1. The van der Waals surface area contributed by atoms with Crippen molar-refractivity contribution in [2.75, 3.05) is 5.32 Å². The molecule has 2 amide bonds. The van der Waals surface area contributed by atoms with Gasteiger partial charge in [0.2, 0.25) is 5.91 Å². The molecule has 33 heavy (non-hydrogen) atoms. The second kappa shape index (κ2) is 8.66. The summed E-state index contributed by atoms with van der Waals surface area (Å²) in [6.45, 7) is 5.69. The number of Topliss-reactive ketones (excluding diaryl/α,β-unsaturated/α-hetero) is 1. The molecule has 0 atom stereocenters. The van der Waals surface area contributed by atoms with E-state index in [2.05, 4.69) is 15.4 Å². The van der Waals surface area contributed by atoms with E-state index in [0.717, 1.165) is 11.3 Å². The first kappa shape index (κ1) is 21.9. The monoisotopic (exact) mass is 441 g/mol. The molecule has 2 aromatic heterocycles. The topological polar surface area (TPSA) is 120 Å². The van der Waals surface area contributed by atoms with E-state index in [1.807, 2.05) is 19.1 Å². The van der Waals surface area contributed by atoms with Gasteiger partial charge in [0.15, 0.2) is 5.78 Å². The van der Waals surface area contributed by atoms with Gasteiger partial charge in [0.25, 0.3) is 5.91 Å². The molecule has 166 valence electrons. The average molecular weight is 441 g/mol. The number of pyridine rings is 1. The molecule has 2 heterocycles. The van der Waals surface area contributed by atoms with Gasteiger partial charge in [0, 0.05) is 10.9 Å². The number of primary amides is 1. The minimum Gasteiger partial charge on any atom is -0.366 e. The van der Waals surface area contributed by atoms with Crippen LogP contribution in [0.2, 0.25) is 0 Å². The summed E-state index contributed by atoms with van der Waals surface area (Å²) in [4.78, 5) is 40.8. The maximum Gasteiger partial charge on any atom is 0.274 e. The highest BCUT2D eigenvalue weighted by molar-refractivity contribution is 6.10. The van der Waals surface area contributed by atoms with Crippen LogP contribution in [0.4, 0.5) is 5.69 Å². The smallest absolute Gasteiger partial charge is 0.274 e. The van der Waals surface area contributed by atoms with Gasteiger partial charge < -0.3 is 11.1 Å². The molecule has 0 aliphatic heterocycles. The van der Waals surface area contributed by atoms with E-state index in [1.165, 1.54) is 13.0 Å². The number of benzene rings is 2. The number of aryl methyl sites for hydroxylation is 1. The van der Waals surface area contributed by atoms with Gasteiger partial charge in [-0.25, -0.2) is 4.98 Å². The Hall–Kier alpha value is -4.33. The maximum absolute atomic E-state index is 13.0. The van der Waals surface area contributed by atoms with E-state index < -0.39 is 11.8 Å². The summed E-state index contributed by atoms with van der Waals surface area (Å²) in [5.74, 6) is -1.07. The third-order valence-electron chi connectivity index (χ3n) is 5.53. The lowest BCUT2D eigenvalue weighted by Gasteiger charge is -2.09. The van der Waals surface area contributed by atoms with Gasteiger partial charge in [-0.3, -0.25) is 19.1 Å². The van der Waals surface area contributed by atoms with Crippen LogP contribution in [0, 0.1) is 13.8 Å². The van der Waals surface area contributed by atoms with Gasteiger partial charge in [0.05, 0.1) is 34.7 Å². The van der Waals surface area contributed by atoms with Crippen LogP contribution in [0.5, 0.6) is 0 Å². The molecule has 0 spiro atoms. The van der Waals surface area contributed by atoms with Crippen LogP contribution in [0.1, 0.15) is 55.1 Å². The summed E-state index contributed by atoms with van der Waals surface area (Å²) >= 11 is 0. The number of amides is 2. The Bertz CT molecular complexity index is 1400. The minimum atomic E-state index is -0.626. The molecule has 4 aromatic rings. The first-order chi connectivity index (χ1) is 15.7. The van der Waals surface area contributed by atoms with Gasteiger partial charge in [-0.05, 0) is 38.5 Å². The lowest BCUT2D eigenvalue weighted by molar-refractivity contribution is 0.0997. The average Bonchev–Trinajstić information content (AvgIpc) is 3.05. The van der Waals surface area contributed by atoms with Crippen LogP contribution in [0.3, 0.4) is 0 Å². The van der Waals surface area contributed by atoms with Gasteiger partial charge in [0.1, 0.15) is 5.69 Å². The summed E-state index contributed by atoms with van der Waals surface area (Å²) in [6, 6.07) is 15.8. The van der Waals surface area contributed by atoms with Gasteiger partial charge in [-0.15, -0.1) is 0 Å². The largest absolute Gasteiger partial charge is 0.366 e. The fourth-order valence-electron chi connectivity index (χ4n) is 3.72. The Morgan fingerprint density at radius 1 is 1.03 bits per heavy atom. The van der Waals surface area contributed by atoms with E-state index in [-0.39, 0.29) is 17.0 Å². The molecule has 0 aliphatic rings. The van der Waals surface area contributed by atoms with Crippen molar-refractivity contribution in [3.05, 3.63) is 88.4 Å². The predicted octanol–water partition coefficient (Wildman–Crippen LogP) is 3.65. The van der Waals surface area contributed by atoms with E-state index in [1.54, 1.807) is 48.0 Å². The molecule has 0 radical (unpaired) electrons. The van der Waals surface area contributed by atoms with E-state index in [9.17, 15) is 14.4 Å². The van der Waals surface area contributed by atoms with Gasteiger partial charge in [-0.2, -0.15) is 5.10 Å². The summed E-state index contributed by atoms with van der Waals surface area (Å²) < 4.78 is 1.79. The van der Waals surface area contributed by atoms with E-state index >= 15 is 0 Å². The van der Waals surface area contributed by atoms with Crippen molar-refractivity contribution in [2.45, 2.75) is 27.3 Å². The molecule has 2 aromatic carbocycles. The number of carbonyl (C=O) groups excluding carboxylic acids is 3. The Morgan fingerprint density at radius 2 is 1.73 bits per heavy atom. The summed E-state index contributed by atoms with van der Waals surface area (Å²) in [7, 11) is 0. The molecule has 0 aliphatic carbocycles. The number of para-hydroxylation sites is 1. The van der Waals surface area contributed by atoms with Crippen molar-refractivity contribution in [2.24, 2.45) is 5.73 Å². The summed E-state index contributed by atoms with van der Waals surface area (Å²) in [5.41, 5.74) is 9.99. The molecule has 0 saturated heterocycles. The van der Waals surface area contributed by atoms with Crippen molar-refractivity contribution >= 4 is 34.2 Å². The van der Waals surface area contributed by atoms with Gasteiger partial charge in [-0.1, -0.05) is 42.5 Å². The number of nitrogens with two attached hydrogens (primary N) is 1. The van der Waals surface area contributed by atoms with E-state index in [4.69, 9.17) is 5.73 Å². The molecular weight excluding hydrogens is 418 g/mol. The number of hydrogen-bond donors (Lipinski definition) is 2. The highest BCUT2D eigenvalue weighted by atomic mass is 16.2. The predicted molar refractivity (Wildman–Crippen MR) is 125 cm³/mol. The zero-order chi connectivity index (χ0) is 23.7. The summed E-state index contributed by atoms with van der Waals surface area (Å²) in [5, 5.41) is 8.02. The number of nitrogens with one attached hydrogen (secondary N) is 1. The fraction of sp³-hybridized carbons (Fsp3) is 0.160. The summed E-state index contributed by atoms with van der Waals surface area (Å²) in [6.07, 6.45) is 0. The van der Waals surface area contributed by atoms with Crippen molar-refractivity contribution in [1.29, 1.82) is 0 Å². The number of fused-ring (bicyclic) bond motifs is 1. The van der Waals surface area contributed by atoms with Crippen LogP contribution in [-0.2, 0) is 6.54 Å². The molecular formula is C25H23N5O3. The first-order valence-electron chi connectivity index (χ1n) is 10.4. The standard InChI is InChI=1S/C25H23N5O3/c1-14-23(15(2)30(29-14)13-17-8-10-18(11-9-17)16(3)31)28-25(33)22-12-20(24(26)32)19-6-4-5-7-21(19)27-22/h4-12H,13H2,1-3H3,(H2,26,32)(H,28,33). The number of carbonyl (C=O) groups is 3. The number of hydrogen-bond acceptors (Lipinski definition) is 5. The minimum absolute atomic E-state index is 0.0134. The molecule has 3 N–H and O–H groups in total. The molecule has 0 bridgehead atoms. The highest BCUT2D eigenvalue weighted by Crippen LogP contribution is 2.23. The maximum atomic E-state index is 13.0. The zero-order valence-electron chi connectivity index (χ0n) is 18.5. The molecule has 8 heteroatoms. The van der Waals surface area contributed by atoms with Crippen LogP contribution < -0.4 is 11.1 Å². The second-order valence-corrected chi connectivity index (χ2v) is 7.85. The SMILES string of the molecule is CC(=O)c1ccc(Cn2nc(C)c(NC(=O)c3cc(C(N)=O)c4ccccc4n3)c2C)cc1. The van der Waals surface area contributed by atoms with Crippen LogP contribution >= 0.6 is 0 Å².